The van der Waals surface area contributed by atoms with Gasteiger partial charge >= 0.3 is 0 Å². The van der Waals surface area contributed by atoms with E-state index in [4.69, 9.17) is 19.7 Å². The average molecular weight is 164 g/mol. The number of aliphatic hydroxyl groups excluding tert-OH is 2. The Kier molecular flexibility index (Phi) is 2.80. The lowest BCUT2D eigenvalue weighted by Crippen LogP contribution is -2.53. The van der Waals surface area contributed by atoms with E-state index >= 15 is 0 Å². The second-order valence-corrected chi connectivity index (χ2v) is 2.44. The van der Waals surface area contributed by atoms with Crippen LogP contribution in [0.2, 0.25) is 0 Å². The lowest BCUT2D eigenvalue weighted by molar-refractivity contribution is -0.311. The van der Waals surface area contributed by atoms with Crippen LogP contribution in [0.25, 0.3) is 0 Å². The third-order valence-corrected chi connectivity index (χ3v) is 1.58. The third kappa shape index (κ3) is 1.88. The summed E-state index contributed by atoms with van der Waals surface area (Å²) in [6.07, 6.45) is -1.30. The van der Waals surface area contributed by atoms with Crippen molar-refractivity contribution in [1.29, 1.82) is 0 Å². The molecule has 0 aromatic rings. The van der Waals surface area contributed by atoms with Crippen LogP contribution in [0.4, 0.5) is 0 Å². The first-order valence-corrected chi connectivity index (χ1v) is 3.42. The Hall–Kier alpha value is -0.200. The van der Waals surface area contributed by atoms with E-state index < -0.39 is 18.5 Å². The summed E-state index contributed by atoms with van der Waals surface area (Å²) >= 11 is 0. The molecule has 1 fully saturated rings. The predicted molar refractivity (Wildman–Crippen MR) is 34.8 cm³/mol. The monoisotopic (exact) mass is 164 g/mol. The maximum Gasteiger partial charge on any atom is 0.218 e. The molecule has 3 N–H and O–H groups in total. The van der Waals surface area contributed by atoms with Gasteiger partial charge in [0.25, 0.3) is 0 Å². The molecule has 0 aliphatic carbocycles. The van der Waals surface area contributed by atoms with Gasteiger partial charge in [-0.3, -0.25) is 0 Å². The third-order valence-electron chi connectivity index (χ3n) is 1.58. The van der Waals surface area contributed by atoms with Gasteiger partial charge in [-0.2, -0.15) is 0 Å². The zero-order chi connectivity index (χ0) is 8.32. The molecule has 1 rings (SSSR count). The quantitative estimate of drug-likeness (QED) is 0.443. The Morgan fingerprint density at radius 2 is 2.18 bits per heavy atom. The maximum atomic E-state index is 9.38. The van der Waals surface area contributed by atoms with E-state index in [0.717, 1.165) is 0 Å². The van der Waals surface area contributed by atoms with Gasteiger partial charge in [0.15, 0.2) is 0 Å². The van der Waals surface area contributed by atoms with E-state index in [9.17, 15) is 5.11 Å². The van der Waals surface area contributed by atoms with E-state index in [1.165, 1.54) is 0 Å². The van der Waals surface area contributed by atoms with Gasteiger partial charge in [-0.05, 0) is 0 Å². The summed E-state index contributed by atoms with van der Waals surface area (Å²) in [5.74, 6) is -1.73. The smallest absolute Gasteiger partial charge is 0.218 e. The molecular weight excluding hydrogens is 152 g/mol. The van der Waals surface area contributed by atoms with Crippen LogP contribution >= 0.6 is 0 Å². The highest BCUT2D eigenvalue weighted by Crippen LogP contribution is 2.16. The van der Waals surface area contributed by atoms with Gasteiger partial charge in [-0.15, -0.1) is 0 Å². The van der Waals surface area contributed by atoms with Crippen molar-refractivity contribution in [3.63, 3.8) is 0 Å². The first-order chi connectivity index (χ1) is 5.19. The Morgan fingerprint density at radius 3 is 2.64 bits per heavy atom. The zero-order valence-electron chi connectivity index (χ0n) is 6.06. The lowest BCUT2D eigenvalue weighted by Gasteiger charge is -2.34. The topological polar surface area (TPSA) is 79.2 Å². The average Bonchev–Trinajstić information content (AvgIpc) is 2.04. The fourth-order valence-electron chi connectivity index (χ4n) is 0.872. The number of aliphatic hydroxyl groups is 3. The molecule has 0 bridgehead atoms. The van der Waals surface area contributed by atoms with E-state index in [1.54, 1.807) is 0 Å². The number of hydrogen-bond donors (Lipinski definition) is 3. The van der Waals surface area contributed by atoms with Gasteiger partial charge in [0.05, 0.1) is 19.8 Å². The molecule has 0 spiro atoms. The van der Waals surface area contributed by atoms with Crippen LogP contribution in [0.3, 0.4) is 0 Å². The Morgan fingerprint density at radius 1 is 1.45 bits per heavy atom. The van der Waals surface area contributed by atoms with E-state index in [1.807, 2.05) is 0 Å². The van der Waals surface area contributed by atoms with Crippen molar-refractivity contribution >= 4 is 0 Å². The molecule has 5 nitrogen and oxygen atoms in total. The molecule has 1 heterocycles. The van der Waals surface area contributed by atoms with Crippen LogP contribution in [0, 0.1) is 0 Å². The summed E-state index contributed by atoms with van der Waals surface area (Å²) in [4.78, 5) is 0. The molecule has 0 amide bonds. The Labute approximate surface area is 64.2 Å². The summed E-state index contributed by atoms with van der Waals surface area (Å²) in [6, 6.07) is 0. The van der Waals surface area contributed by atoms with E-state index in [2.05, 4.69) is 0 Å². The van der Waals surface area contributed by atoms with Crippen LogP contribution < -0.4 is 0 Å². The molecule has 1 aliphatic heterocycles. The minimum absolute atomic E-state index is 0.102. The first-order valence-electron chi connectivity index (χ1n) is 3.42. The van der Waals surface area contributed by atoms with Gasteiger partial charge in [0.1, 0.15) is 12.7 Å². The molecule has 0 unspecified atom stereocenters. The van der Waals surface area contributed by atoms with Gasteiger partial charge in [-0.25, -0.2) is 0 Å². The summed E-state index contributed by atoms with van der Waals surface area (Å²) in [6.45, 7) is -0.0113. The number of ether oxygens (including phenoxy) is 2. The second-order valence-electron chi connectivity index (χ2n) is 2.44. The standard InChI is InChI=1S/C6H12O5/c7-3-5(8)6(9)4-10-1-2-11-6/h5,7-9H,1-4H2/t5-,6+/m0/s1. The summed E-state index contributed by atoms with van der Waals surface area (Å²) in [5.41, 5.74) is 0. The van der Waals surface area contributed by atoms with Crippen LogP contribution in [-0.2, 0) is 9.47 Å². The fraction of sp³-hybridized carbons (Fsp3) is 1.00. The minimum atomic E-state index is -1.73. The fourth-order valence-corrected chi connectivity index (χ4v) is 0.872. The molecule has 66 valence electrons. The Bertz CT molecular complexity index is 120. The molecule has 2 atom stereocenters. The van der Waals surface area contributed by atoms with Crippen molar-refractivity contribution in [2.45, 2.75) is 11.9 Å². The van der Waals surface area contributed by atoms with E-state index in [-0.39, 0.29) is 13.2 Å². The normalized spacial score (nSPS) is 35.2. The highest BCUT2D eigenvalue weighted by Gasteiger charge is 2.38. The molecule has 0 radical (unpaired) electrons. The number of hydrogen-bond acceptors (Lipinski definition) is 5. The van der Waals surface area contributed by atoms with Gasteiger partial charge < -0.3 is 24.8 Å². The molecule has 11 heavy (non-hydrogen) atoms. The van der Waals surface area contributed by atoms with Gasteiger partial charge in [0, 0.05) is 0 Å². The lowest BCUT2D eigenvalue weighted by atomic mass is 10.1. The molecule has 1 aliphatic rings. The predicted octanol–water partition coefficient (Wildman–Crippen LogP) is -1.92. The second kappa shape index (κ2) is 3.46. The minimum Gasteiger partial charge on any atom is -0.393 e. The molecule has 0 saturated carbocycles. The molecule has 0 aromatic carbocycles. The van der Waals surface area contributed by atoms with Crippen molar-refractivity contribution in [2.24, 2.45) is 0 Å². The molecule has 1 saturated heterocycles. The van der Waals surface area contributed by atoms with Crippen molar-refractivity contribution in [3.05, 3.63) is 0 Å². The molecule has 5 heteroatoms. The van der Waals surface area contributed by atoms with Crippen molar-refractivity contribution in [1.82, 2.24) is 0 Å². The summed E-state index contributed by atoms with van der Waals surface area (Å²) in [7, 11) is 0. The first kappa shape index (κ1) is 8.89. The van der Waals surface area contributed by atoms with Crippen LogP contribution in [0.15, 0.2) is 0 Å². The van der Waals surface area contributed by atoms with Crippen molar-refractivity contribution in [3.8, 4) is 0 Å². The highest BCUT2D eigenvalue weighted by atomic mass is 16.7. The maximum absolute atomic E-state index is 9.38. The summed E-state index contributed by atoms with van der Waals surface area (Å²) in [5, 5.41) is 26.9. The van der Waals surface area contributed by atoms with Crippen LogP contribution in [-0.4, -0.2) is 53.6 Å². The van der Waals surface area contributed by atoms with E-state index in [0.29, 0.717) is 6.61 Å². The SMILES string of the molecule is OC[C@H](O)[C@@]1(O)COCCO1. The Balaban J connectivity index is 2.49. The highest BCUT2D eigenvalue weighted by molar-refractivity contribution is 4.78. The van der Waals surface area contributed by atoms with Crippen LogP contribution in [0.1, 0.15) is 0 Å². The van der Waals surface area contributed by atoms with Crippen molar-refractivity contribution < 1.29 is 24.8 Å². The van der Waals surface area contributed by atoms with Crippen LogP contribution in [0.5, 0.6) is 0 Å². The number of rotatable bonds is 2. The zero-order valence-corrected chi connectivity index (χ0v) is 6.06. The van der Waals surface area contributed by atoms with Crippen molar-refractivity contribution in [2.75, 3.05) is 26.4 Å². The molecular formula is C6H12O5. The van der Waals surface area contributed by atoms with Gasteiger partial charge in [-0.1, -0.05) is 0 Å². The van der Waals surface area contributed by atoms with Gasteiger partial charge in [0.2, 0.25) is 5.79 Å². The summed E-state index contributed by atoms with van der Waals surface area (Å²) < 4.78 is 9.70. The molecule has 0 aromatic heterocycles. The largest absolute Gasteiger partial charge is 0.393 e.